The van der Waals surface area contributed by atoms with Crippen LogP contribution in [0.5, 0.6) is 5.75 Å². The Labute approximate surface area is 144 Å². The minimum atomic E-state index is -0.0532. The number of carbonyl (C=O) groups is 1. The van der Waals surface area contributed by atoms with Crippen LogP contribution < -0.4 is 5.43 Å². The minimum absolute atomic E-state index is 0.0532. The summed E-state index contributed by atoms with van der Waals surface area (Å²) >= 11 is 0. The molecular weight excluding hydrogens is 318 g/mol. The van der Waals surface area contributed by atoms with E-state index in [2.05, 4.69) is 15.5 Å². The molecule has 1 aromatic heterocycles. The maximum absolute atomic E-state index is 11.5. The van der Waals surface area contributed by atoms with Crippen LogP contribution in [0.15, 0.2) is 52.0 Å². The van der Waals surface area contributed by atoms with Crippen molar-refractivity contribution in [3.63, 3.8) is 0 Å². The van der Waals surface area contributed by atoms with Crippen LogP contribution >= 0.6 is 0 Å². The van der Waals surface area contributed by atoms with Gasteiger partial charge in [0.2, 0.25) is 11.8 Å². The smallest absolute Gasteiger partial charge is 0.240 e. The number of nitrogens with one attached hydrogen (secondary N) is 1. The first-order valence-electron chi connectivity index (χ1n) is 8.21. The van der Waals surface area contributed by atoms with Gasteiger partial charge < -0.3 is 9.52 Å². The van der Waals surface area contributed by atoms with Gasteiger partial charge in [0, 0.05) is 23.5 Å². The molecule has 25 heavy (non-hydrogen) atoms. The van der Waals surface area contributed by atoms with Crippen molar-refractivity contribution in [3.05, 3.63) is 48.0 Å². The molecule has 2 N–H and O–H groups in total. The van der Waals surface area contributed by atoms with E-state index in [4.69, 9.17) is 4.42 Å². The molecule has 4 rings (SSSR count). The molecule has 2 heterocycles. The first-order chi connectivity index (χ1) is 12.1. The predicted molar refractivity (Wildman–Crippen MR) is 94.2 cm³/mol. The number of nitrogens with zero attached hydrogens (tertiary/aromatic N) is 2. The Hall–Kier alpha value is -3.15. The topological polar surface area (TPSA) is 87.7 Å². The molecule has 6 heteroatoms. The molecule has 2 aromatic carbocycles. The second-order valence-electron chi connectivity index (χ2n) is 6.09. The second kappa shape index (κ2) is 6.05. The van der Waals surface area contributed by atoms with Gasteiger partial charge in [-0.05, 0) is 36.8 Å². The molecule has 3 aromatic rings. The average molecular weight is 335 g/mol. The van der Waals surface area contributed by atoms with E-state index in [1.54, 1.807) is 18.2 Å². The first kappa shape index (κ1) is 15.4. The molecule has 1 unspecified atom stereocenters. The van der Waals surface area contributed by atoms with E-state index in [1.807, 2.05) is 31.2 Å². The van der Waals surface area contributed by atoms with E-state index in [0.717, 1.165) is 23.2 Å². The number of phenolic OH excluding ortho intramolecular Hbond substituents is 1. The average Bonchev–Trinajstić information content (AvgIpc) is 3.05. The highest BCUT2D eigenvalue weighted by atomic mass is 16.3. The van der Waals surface area contributed by atoms with Crippen LogP contribution in [0.1, 0.15) is 25.3 Å². The minimum Gasteiger partial charge on any atom is -0.508 e. The van der Waals surface area contributed by atoms with Crippen molar-refractivity contribution in [2.45, 2.75) is 19.8 Å². The standard InChI is InChI=1S/C19H17N3O3/c1-2-11-10-17(24)21-22-18(11)12-6-7-15-16(9-12)25-19(20-15)13-4-3-5-14(23)8-13/h3-9,11,23H,2,10H2,1H3,(H,21,24). The zero-order valence-electron chi connectivity index (χ0n) is 13.7. The Morgan fingerprint density at radius 2 is 2.12 bits per heavy atom. The number of amides is 1. The summed E-state index contributed by atoms with van der Waals surface area (Å²) in [5.41, 5.74) is 6.42. The predicted octanol–water partition coefficient (Wildman–Crippen LogP) is 3.45. The number of aromatic hydroxyl groups is 1. The summed E-state index contributed by atoms with van der Waals surface area (Å²) in [5.74, 6) is 0.662. The molecule has 1 atom stereocenters. The Balaban J connectivity index is 1.75. The lowest BCUT2D eigenvalue weighted by atomic mass is 9.90. The molecule has 0 aliphatic carbocycles. The SMILES string of the molecule is CCC1CC(=O)NN=C1c1ccc2nc(-c3cccc(O)c3)oc2c1. The lowest BCUT2D eigenvalue weighted by molar-refractivity contribution is -0.122. The van der Waals surface area contributed by atoms with Crippen molar-refractivity contribution in [1.29, 1.82) is 0 Å². The third-order valence-electron chi connectivity index (χ3n) is 4.39. The molecular formula is C19H17N3O3. The maximum Gasteiger partial charge on any atom is 0.240 e. The fourth-order valence-corrected chi connectivity index (χ4v) is 3.06. The van der Waals surface area contributed by atoms with Gasteiger partial charge in [0.1, 0.15) is 11.3 Å². The van der Waals surface area contributed by atoms with Crippen LogP contribution in [0.2, 0.25) is 0 Å². The Morgan fingerprint density at radius 1 is 1.24 bits per heavy atom. The van der Waals surface area contributed by atoms with Crippen molar-refractivity contribution in [3.8, 4) is 17.2 Å². The van der Waals surface area contributed by atoms with Gasteiger partial charge in [-0.1, -0.05) is 19.1 Å². The van der Waals surface area contributed by atoms with Crippen molar-refractivity contribution in [2.75, 3.05) is 0 Å². The molecule has 6 nitrogen and oxygen atoms in total. The molecule has 0 saturated heterocycles. The fraction of sp³-hybridized carbons (Fsp3) is 0.211. The van der Waals surface area contributed by atoms with E-state index in [9.17, 15) is 9.90 Å². The Kier molecular flexibility index (Phi) is 3.72. The van der Waals surface area contributed by atoms with Crippen molar-refractivity contribution in [1.82, 2.24) is 10.4 Å². The maximum atomic E-state index is 11.5. The largest absolute Gasteiger partial charge is 0.508 e. The number of hydrazone groups is 1. The van der Waals surface area contributed by atoms with E-state index < -0.39 is 0 Å². The summed E-state index contributed by atoms with van der Waals surface area (Å²) in [7, 11) is 0. The van der Waals surface area contributed by atoms with Gasteiger partial charge in [-0.2, -0.15) is 5.10 Å². The van der Waals surface area contributed by atoms with Gasteiger partial charge >= 0.3 is 0 Å². The van der Waals surface area contributed by atoms with Crippen LogP contribution in [0.25, 0.3) is 22.6 Å². The van der Waals surface area contributed by atoms with Crippen molar-refractivity contribution >= 4 is 22.7 Å². The summed E-state index contributed by atoms with van der Waals surface area (Å²) in [4.78, 5) is 16.0. The molecule has 1 aliphatic rings. The molecule has 1 amide bonds. The first-order valence-corrected chi connectivity index (χ1v) is 8.21. The Bertz CT molecular complexity index is 990. The quantitative estimate of drug-likeness (QED) is 0.767. The monoisotopic (exact) mass is 335 g/mol. The highest BCUT2D eigenvalue weighted by Gasteiger charge is 2.24. The number of aromatic nitrogens is 1. The highest BCUT2D eigenvalue weighted by Crippen LogP contribution is 2.28. The summed E-state index contributed by atoms with van der Waals surface area (Å²) in [5, 5.41) is 13.9. The summed E-state index contributed by atoms with van der Waals surface area (Å²) in [6, 6.07) is 12.5. The van der Waals surface area contributed by atoms with Crippen LogP contribution in [-0.4, -0.2) is 21.7 Å². The number of rotatable bonds is 3. The van der Waals surface area contributed by atoms with Crippen LogP contribution in [0.3, 0.4) is 0 Å². The second-order valence-corrected chi connectivity index (χ2v) is 6.09. The highest BCUT2D eigenvalue weighted by molar-refractivity contribution is 6.07. The zero-order valence-corrected chi connectivity index (χ0v) is 13.7. The molecule has 0 spiro atoms. The molecule has 0 bridgehead atoms. The summed E-state index contributed by atoms with van der Waals surface area (Å²) < 4.78 is 5.87. The number of hydrogen-bond donors (Lipinski definition) is 2. The van der Waals surface area contributed by atoms with Gasteiger partial charge in [-0.15, -0.1) is 0 Å². The van der Waals surface area contributed by atoms with E-state index in [-0.39, 0.29) is 17.6 Å². The lowest BCUT2D eigenvalue weighted by Crippen LogP contribution is -2.33. The van der Waals surface area contributed by atoms with Gasteiger partial charge in [0.25, 0.3) is 0 Å². The van der Waals surface area contributed by atoms with Crippen LogP contribution in [0, 0.1) is 5.92 Å². The van der Waals surface area contributed by atoms with Crippen molar-refractivity contribution in [2.24, 2.45) is 11.0 Å². The molecule has 0 saturated carbocycles. The van der Waals surface area contributed by atoms with E-state index in [0.29, 0.717) is 23.5 Å². The lowest BCUT2D eigenvalue weighted by Gasteiger charge is -2.21. The molecule has 126 valence electrons. The third kappa shape index (κ3) is 2.87. The molecule has 0 radical (unpaired) electrons. The summed E-state index contributed by atoms with van der Waals surface area (Å²) in [6.45, 7) is 2.05. The van der Waals surface area contributed by atoms with Gasteiger partial charge in [-0.3, -0.25) is 4.79 Å². The van der Waals surface area contributed by atoms with Crippen LogP contribution in [-0.2, 0) is 4.79 Å². The number of hydrogen-bond acceptors (Lipinski definition) is 5. The molecule has 0 fully saturated rings. The van der Waals surface area contributed by atoms with Gasteiger partial charge in [-0.25, -0.2) is 10.4 Å². The third-order valence-corrected chi connectivity index (χ3v) is 4.39. The van der Waals surface area contributed by atoms with E-state index in [1.165, 1.54) is 0 Å². The number of fused-ring (bicyclic) bond motifs is 1. The van der Waals surface area contributed by atoms with Gasteiger partial charge in [0.15, 0.2) is 5.58 Å². The van der Waals surface area contributed by atoms with E-state index >= 15 is 0 Å². The van der Waals surface area contributed by atoms with Crippen LogP contribution in [0.4, 0.5) is 0 Å². The number of benzene rings is 2. The zero-order chi connectivity index (χ0) is 17.4. The summed E-state index contributed by atoms with van der Waals surface area (Å²) in [6.07, 6.45) is 1.29. The molecule has 1 aliphatic heterocycles. The van der Waals surface area contributed by atoms with Crippen molar-refractivity contribution < 1.29 is 14.3 Å². The van der Waals surface area contributed by atoms with Gasteiger partial charge in [0.05, 0.1) is 5.71 Å². The number of phenols is 1. The normalized spacial score (nSPS) is 17.4. The number of carbonyl (C=O) groups excluding carboxylic acids is 1. The Morgan fingerprint density at radius 3 is 2.92 bits per heavy atom. The fourth-order valence-electron chi connectivity index (χ4n) is 3.06. The number of oxazole rings is 1.